The zero-order valence-electron chi connectivity index (χ0n) is 12.2. The van der Waals surface area contributed by atoms with Crippen molar-refractivity contribution in [3.05, 3.63) is 24.3 Å². The number of nitrogens with one attached hydrogen (secondary N) is 3. The van der Waals surface area contributed by atoms with Crippen LogP contribution in [0.2, 0.25) is 0 Å². The zero-order valence-corrected chi connectivity index (χ0v) is 13.0. The topological polar surface area (TPSA) is 96.5 Å². The summed E-state index contributed by atoms with van der Waals surface area (Å²) >= 11 is 0. The third-order valence-corrected chi connectivity index (χ3v) is 4.16. The summed E-state index contributed by atoms with van der Waals surface area (Å²) in [5, 5.41) is 5.48. The average Bonchev–Trinajstić information content (AvgIpc) is 2.44. The first kappa shape index (κ1) is 17.6. The molecule has 0 aromatic heterocycles. The summed E-state index contributed by atoms with van der Waals surface area (Å²) in [7, 11) is -2.05. The lowest BCUT2D eigenvalue weighted by molar-refractivity contribution is -0.115. The van der Waals surface area contributed by atoms with Crippen LogP contribution in [-0.2, 0) is 19.6 Å². The summed E-state index contributed by atoms with van der Waals surface area (Å²) in [6.45, 7) is 3.10. The normalized spacial score (nSPS) is 11.3. The van der Waals surface area contributed by atoms with Gasteiger partial charge in [-0.1, -0.05) is 19.1 Å². The van der Waals surface area contributed by atoms with Gasteiger partial charge in [-0.2, -0.15) is 0 Å². The summed E-state index contributed by atoms with van der Waals surface area (Å²) in [6, 6.07) is 6.28. The average molecular weight is 315 g/mol. The molecule has 1 rings (SSSR count). The van der Waals surface area contributed by atoms with E-state index in [0.29, 0.717) is 13.2 Å². The van der Waals surface area contributed by atoms with Gasteiger partial charge in [-0.05, 0) is 12.1 Å². The zero-order chi connectivity index (χ0) is 15.7. The third kappa shape index (κ3) is 5.80. The number of para-hydroxylation sites is 1. The molecule has 0 heterocycles. The minimum atomic E-state index is -3.62. The second-order valence-corrected chi connectivity index (χ2v) is 5.95. The van der Waals surface area contributed by atoms with E-state index in [1.807, 2.05) is 0 Å². The summed E-state index contributed by atoms with van der Waals surface area (Å²) < 4.78 is 31.3. The smallest absolute Gasteiger partial charge is 0.242 e. The van der Waals surface area contributed by atoms with Crippen LogP contribution in [0.1, 0.15) is 6.92 Å². The number of ether oxygens (including phenoxy) is 1. The predicted octanol–water partition coefficient (Wildman–Crippen LogP) is 0.159. The minimum absolute atomic E-state index is 0.0529. The SMILES string of the molecule is CCNS(=O)(=O)c1ccccc1NC(=O)CNCCOC. The second-order valence-electron chi connectivity index (χ2n) is 4.22. The van der Waals surface area contributed by atoms with Gasteiger partial charge in [-0.15, -0.1) is 0 Å². The van der Waals surface area contributed by atoms with Crippen molar-refractivity contribution < 1.29 is 17.9 Å². The highest BCUT2D eigenvalue weighted by molar-refractivity contribution is 7.89. The van der Waals surface area contributed by atoms with E-state index in [4.69, 9.17) is 4.74 Å². The van der Waals surface area contributed by atoms with Crippen LogP contribution in [0.5, 0.6) is 0 Å². The van der Waals surface area contributed by atoms with Crippen molar-refractivity contribution in [2.75, 3.05) is 38.7 Å². The van der Waals surface area contributed by atoms with Gasteiger partial charge in [-0.3, -0.25) is 4.79 Å². The number of sulfonamides is 1. The Kier molecular flexibility index (Phi) is 7.30. The predicted molar refractivity (Wildman–Crippen MR) is 80.7 cm³/mol. The fraction of sp³-hybridized carbons (Fsp3) is 0.462. The van der Waals surface area contributed by atoms with Crippen LogP contribution in [0.3, 0.4) is 0 Å². The first-order valence-electron chi connectivity index (χ1n) is 6.59. The molecule has 0 fully saturated rings. The Bertz CT molecular complexity index is 560. The molecule has 0 bridgehead atoms. The van der Waals surface area contributed by atoms with E-state index >= 15 is 0 Å². The monoisotopic (exact) mass is 315 g/mol. The molecule has 1 aromatic carbocycles. The number of methoxy groups -OCH3 is 1. The molecule has 1 amide bonds. The van der Waals surface area contributed by atoms with Crippen LogP contribution in [0, 0.1) is 0 Å². The van der Waals surface area contributed by atoms with Crippen LogP contribution in [0.15, 0.2) is 29.2 Å². The maximum absolute atomic E-state index is 12.0. The van der Waals surface area contributed by atoms with Crippen molar-refractivity contribution in [1.82, 2.24) is 10.0 Å². The summed E-state index contributed by atoms with van der Waals surface area (Å²) in [6.07, 6.45) is 0. The van der Waals surface area contributed by atoms with Crippen molar-refractivity contribution in [3.63, 3.8) is 0 Å². The van der Waals surface area contributed by atoms with Gasteiger partial charge < -0.3 is 15.4 Å². The van der Waals surface area contributed by atoms with E-state index in [1.165, 1.54) is 6.07 Å². The quantitative estimate of drug-likeness (QED) is 0.564. The minimum Gasteiger partial charge on any atom is -0.383 e. The van der Waals surface area contributed by atoms with Gasteiger partial charge in [0.05, 0.1) is 18.8 Å². The Morgan fingerprint density at radius 1 is 1.29 bits per heavy atom. The van der Waals surface area contributed by atoms with Crippen LogP contribution in [-0.4, -0.2) is 47.7 Å². The van der Waals surface area contributed by atoms with Crippen molar-refractivity contribution >= 4 is 21.6 Å². The molecule has 0 unspecified atom stereocenters. The molecule has 8 heteroatoms. The lowest BCUT2D eigenvalue weighted by Gasteiger charge is -2.12. The molecule has 0 spiro atoms. The van der Waals surface area contributed by atoms with Crippen LogP contribution in [0.4, 0.5) is 5.69 Å². The van der Waals surface area contributed by atoms with Gasteiger partial charge in [0, 0.05) is 20.2 Å². The molecule has 1 aromatic rings. The maximum Gasteiger partial charge on any atom is 0.242 e. The molecule has 0 atom stereocenters. The number of hydrogen-bond donors (Lipinski definition) is 3. The molecule has 0 saturated carbocycles. The lowest BCUT2D eigenvalue weighted by atomic mass is 10.3. The molecule has 7 nitrogen and oxygen atoms in total. The van der Waals surface area contributed by atoms with Crippen molar-refractivity contribution in [1.29, 1.82) is 0 Å². The number of carbonyl (C=O) groups excluding carboxylic acids is 1. The Labute approximate surface area is 125 Å². The largest absolute Gasteiger partial charge is 0.383 e. The molecule has 21 heavy (non-hydrogen) atoms. The number of rotatable bonds is 9. The molecule has 0 saturated heterocycles. The molecule has 3 N–H and O–H groups in total. The summed E-state index contributed by atoms with van der Waals surface area (Å²) in [5.41, 5.74) is 0.261. The van der Waals surface area contributed by atoms with E-state index in [9.17, 15) is 13.2 Å². The highest BCUT2D eigenvalue weighted by atomic mass is 32.2. The Morgan fingerprint density at radius 2 is 2.00 bits per heavy atom. The van der Waals surface area contributed by atoms with E-state index in [2.05, 4.69) is 15.4 Å². The molecule has 118 valence electrons. The molecular weight excluding hydrogens is 294 g/mol. The van der Waals surface area contributed by atoms with E-state index < -0.39 is 10.0 Å². The highest BCUT2D eigenvalue weighted by Gasteiger charge is 2.18. The lowest BCUT2D eigenvalue weighted by Crippen LogP contribution is -2.31. The molecule has 0 aliphatic heterocycles. The summed E-state index contributed by atoms with van der Waals surface area (Å²) in [5.74, 6) is -0.315. The standard InChI is InChI=1S/C13H21N3O4S/c1-3-15-21(18,19)12-7-5-4-6-11(12)16-13(17)10-14-8-9-20-2/h4-7,14-15H,3,8-10H2,1-2H3,(H,16,17). The Hall–Kier alpha value is -1.48. The van der Waals surface area contributed by atoms with Gasteiger partial charge in [0.25, 0.3) is 0 Å². The summed E-state index contributed by atoms with van der Waals surface area (Å²) in [4.78, 5) is 11.8. The number of anilines is 1. The fourth-order valence-electron chi connectivity index (χ4n) is 1.64. The van der Waals surface area contributed by atoms with Gasteiger partial charge >= 0.3 is 0 Å². The number of benzene rings is 1. The van der Waals surface area contributed by atoms with Crippen LogP contribution < -0.4 is 15.4 Å². The maximum atomic E-state index is 12.0. The van der Waals surface area contributed by atoms with Crippen molar-refractivity contribution in [3.8, 4) is 0 Å². The third-order valence-electron chi connectivity index (χ3n) is 2.55. The second kappa shape index (κ2) is 8.73. The first-order chi connectivity index (χ1) is 10.0. The first-order valence-corrected chi connectivity index (χ1v) is 8.07. The van der Waals surface area contributed by atoms with Gasteiger partial charge in [-0.25, -0.2) is 13.1 Å². The highest BCUT2D eigenvalue weighted by Crippen LogP contribution is 2.20. The van der Waals surface area contributed by atoms with Gasteiger partial charge in [0.2, 0.25) is 15.9 Å². The van der Waals surface area contributed by atoms with Crippen LogP contribution in [0.25, 0.3) is 0 Å². The molecular formula is C13H21N3O4S. The number of hydrogen-bond acceptors (Lipinski definition) is 5. The van der Waals surface area contributed by atoms with Crippen molar-refractivity contribution in [2.24, 2.45) is 0 Å². The van der Waals surface area contributed by atoms with Gasteiger partial charge in [0.15, 0.2) is 0 Å². The molecule has 0 aliphatic carbocycles. The molecule has 0 aliphatic rings. The molecule has 0 radical (unpaired) electrons. The Balaban J connectivity index is 2.73. The number of carbonyl (C=O) groups is 1. The Morgan fingerprint density at radius 3 is 2.67 bits per heavy atom. The van der Waals surface area contributed by atoms with Gasteiger partial charge in [0.1, 0.15) is 4.90 Å². The fourth-order valence-corrected chi connectivity index (χ4v) is 2.84. The van der Waals surface area contributed by atoms with E-state index in [1.54, 1.807) is 32.2 Å². The van der Waals surface area contributed by atoms with Crippen LogP contribution >= 0.6 is 0 Å². The van der Waals surface area contributed by atoms with Crippen molar-refractivity contribution in [2.45, 2.75) is 11.8 Å². The van der Waals surface area contributed by atoms with E-state index in [0.717, 1.165) is 0 Å². The number of amides is 1. The van der Waals surface area contributed by atoms with E-state index in [-0.39, 0.29) is 29.6 Å².